The van der Waals surface area contributed by atoms with Crippen LogP contribution in [0.2, 0.25) is 0 Å². The minimum Gasteiger partial charge on any atom is -0.507 e. The summed E-state index contributed by atoms with van der Waals surface area (Å²) >= 11 is 0. The van der Waals surface area contributed by atoms with E-state index < -0.39 is 0 Å². The first-order valence-corrected chi connectivity index (χ1v) is 7.13. The van der Waals surface area contributed by atoms with Crippen molar-refractivity contribution in [2.75, 3.05) is 31.1 Å². The van der Waals surface area contributed by atoms with Crippen molar-refractivity contribution in [3.63, 3.8) is 0 Å². The van der Waals surface area contributed by atoms with Crippen LogP contribution in [-0.4, -0.2) is 42.1 Å². The SMILES string of the molecule is O=C(c1ccccc1O)N1CCN(c2ccccc2)CC1. The number of nitrogens with zero attached hydrogens (tertiary/aromatic N) is 2. The van der Waals surface area contributed by atoms with E-state index in [1.54, 1.807) is 29.2 Å². The fourth-order valence-corrected chi connectivity index (χ4v) is 2.63. The zero-order valence-corrected chi connectivity index (χ0v) is 11.8. The topological polar surface area (TPSA) is 43.8 Å². The van der Waals surface area contributed by atoms with Gasteiger partial charge in [-0.05, 0) is 24.3 Å². The van der Waals surface area contributed by atoms with Crippen LogP contribution in [0.4, 0.5) is 5.69 Å². The Kier molecular flexibility index (Phi) is 3.77. The van der Waals surface area contributed by atoms with Crippen LogP contribution in [0.3, 0.4) is 0 Å². The Balaban J connectivity index is 1.66. The number of piperazine rings is 1. The van der Waals surface area contributed by atoms with Crippen molar-refractivity contribution in [3.8, 4) is 5.75 Å². The Hall–Kier alpha value is -2.49. The number of aromatic hydroxyl groups is 1. The highest BCUT2D eigenvalue weighted by molar-refractivity contribution is 5.96. The molecule has 0 radical (unpaired) electrons. The standard InChI is InChI=1S/C17H18N2O2/c20-16-9-5-4-8-15(16)17(21)19-12-10-18(11-13-19)14-6-2-1-3-7-14/h1-9,20H,10-13H2. The van der Waals surface area contributed by atoms with Gasteiger partial charge in [-0.2, -0.15) is 0 Å². The molecule has 0 aromatic heterocycles. The molecule has 0 saturated carbocycles. The quantitative estimate of drug-likeness (QED) is 0.919. The Morgan fingerprint density at radius 2 is 1.48 bits per heavy atom. The smallest absolute Gasteiger partial charge is 0.257 e. The zero-order chi connectivity index (χ0) is 14.7. The molecule has 0 aliphatic carbocycles. The van der Waals surface area contributed by atoms with E-state index in [-0.39, 0.29) is 11.7 Å². The van der Waals surface area contributed by atoms with Gasteiger partial charge in [-0.1, -0.05) is 30.3 Å². The summed E-state index contributed by atoms with van der Waals surface area (Å²) in [7, 11) is 0. The molecule has 1 N–H and O–H groups in total. The highest BCUT2D eigenvalue weighted by Crippen LogP contribution is 2.20. The lowest BCUT2D eigenvalue weighted by atomic mass is 10.1. The van der Waals surface area contributed by atoms with E-state index in [0.29, 0.717) is 18.7 Å². The lowest BCUT2D eigenvalue weighted by Gasteiger charge is -2.36. The van der Waals surface area contributed by atoms with Crippen LogP contribution in [0.25, 0.3) is 0 Å². The summed E-state index contributed by atoms with van der Waals surface area (Å²) < 4.78 is 0. The molecule has 108 valence electrons. The molecule has 0 unspecified atom stereocenters. The van der Waals surface area contributed by atoms with Crippen LogP contribution in [0.15, 0.2) is 54.6 Å². The molecule has 1 saturated heterocycles. The van der Waals surface area contributed by atoms with Gasteiger partial charge in [-0.25, -0.2) is 0 Å². The lowest BCUT2D eigenvalue weighted by molar-refractivity contribution is 0.0744. The molecule has 1 aliphatic rings. The number of para-hydroxylation sites is 2. The molecule has 4 nitrogen and oxygen atoms in total. The molecule has 3 rings (SSSR count). The third kappa shape index (κ3) is 2.84. The van der Waals surface area contributed by atoms with Crippen molar-refractivity contribution in [2.24, 2.45) is 0 Å². The minimum atomic E-state index is -0.0965. The van der Waals surface area contributed by atoms with Gasteiger partial charge in [0.1, 0.15) is 5.75 Å². The van der Waals surface area contributed by atoms with E-state index in [2.05, 4.69) is 17.0 Å². The summed E-state index contributed by atoms with van der Waals surface area (Å²) in [4.78, 5) is 16.5. The average Bonchev–Trinajstić information content (AvgIpc) is 2.56. The largest absolute Gasteiger partial charge is 0.507 e. The first kappa shape index (κ1) is 13.5. The van der Waals surface area contributed by atoms with E-state index in [1.165, 1.54) is 5.69 Å². The number of carbonyl (C=O) groups excluding carboxylic acids is 1. The highest BCUT2D eigenvalue weighted by atomic mass is 16.3. The van der Waals surface area contributed by atoms with Gasteiger partial charge in [0, 0.05) is 31.9 Å². The first-order chi connectivity index (χ1) is 10.3. The van der Waals surface area contributed by atoms with Crippen molar-refractivity contribution < 1.29 is 9.90 Å². The predicted molar refractivity (Wildman–Crippen MR) is 82.7 cm³/mol. The number of hydrogen-bond donors (Lipinski definition) is 1. The van der Waals surface area contributed by atoms with Crippen molar-refractivity contribution in [2.45, 2.75) is 0 Å². The summed E-state index contributed by atoms with van der Waals surface area (Å²) in [5.41, 5.74) is 1.57. The monoisotopic (exact) mass is 282 g/mol. The average molecular weight is 282 g/mol. The Morgan fingerprint density at radius 3 is 2.14 bits per heavy atom. The van der Waals surface area contributed by atoms with Gasteiger partial charge in [0.05, 0.1) is 5.56 Å². The Bertz CT molecular complexity index is 620. The molecular formula is C17H18N2O2. The van der Waals surface area contributed by atoms with Crippen molar-refractivity contribution in [1.82, 2.24) is 4.90 Å². The van der Waals surface area contributed by atoms with E-state index in [0.717, 1.165) is 13.1 Å². The maximum atomic E-state index is 12.4. The number of anilines is 1. The summed E-state index contributed by atoms with van der Waals surface area (Å²) in [6.45, 7) is 2.96. The summed E-state index contributed by atoms with van der Waals surface area (Å²) in [6, 6.07) is 16.9. The van der Waals surface area contributed by atoms with Crippen LogP contribution in [0, 0.1) is 0 Å². The predicted octanol–water partition coefficient (Wildman–Crippen LogP) is 2.35. The zero-order valence-electron chi connectivity index (χ0n) is 11.8. The van der Waals surface area contributed by atoms with Crippen LogP contribution in [0.5, 0.6) is 5.75 Å². The number of amides is 1. The Morgan fingerprint density at radius 1 is 0.857 bits per heavy atom. The normalized spacial score (nSPS) is 15.0. The molecule has 1 amide bonds. The van der Waals surface area contributed by atoms with Gasteiger partial charge in [0.15, 0.2) is 0 Å². The van der Waals surface area contributed by atoms with Crippen LogP contribution in [0.1, 0.15) is 10.4 Å². The van der Waals surface area contributed by atoms with Gasteiger partial charge in [-0.15, -0.1) is 0 Å². The molecule has 4 heteroatoms. The molecule has 1 fully saturated rings. The second-order valence-electron chi connectivity index (χ2n) is 5.13. The van der Waals surface area contributed by atoms with E-state index in [9.17, 15) is 9.90 Å². The second kappa shape index (κ2) is 5.87. The molecule has 1 aliphatic heterocycles. The maximum Gasteiger partial charge on any atom is 0.257 e. The third-order valence-electron chi connectivity index (χ3n) is 3.82. The molecular weight excluding hydrogens is 264 g/mol. The molecule has 21 heavy (non-hydrogen) atoms. The number of phenols is 1. The minimum absolute atomic E-state index is 0.0491. The van der Waals surface area contributed by atoms with Crippen molar-refractivity contribution >= 4 is 11.6 Å². The van der Waals surface area contributed by atoms with Gasteiger partial charge in [0.25, 0.3) is 5.91 Å². The summed E-state index contributed by atoms with van der Waals surface area (Å²) in [6.07, 6.45) is 0. The number of rotatable bonds is 2. The van der Waals surface area contributed by atoms with Crippen LogP contribution < -0.4 is 4.90 Å². The number of hydrogen-bond acceptors (Lipinski definition) is 3. The first-order valence-electron chi connectivity index (χ1n) is 7.13. The van der Waals surface area contributed by atoms with E-state index in [1.807, 2.05) is 18.2 Å². The molecule has 2 aromatic carbocycles. The number of phenolic OH excluding ortho intramolecular Hbond substituents is 1. The molecule has 0 spiro atoms. The summed E-state index contributed by atoms with van der Waals surface area (Å²) in [5.74, 6) is -0.0474. The molecule has 0 bridgehead atoms. The van der Waals surface area contributed by atoms with Crippen molar-refractivity contribution in [3.05, 3.63) is 60.2 Å². The number of benzene rings is 2. The molecule has 0 atom stereocenters. The number of carbonyl (C=O) groups is 1. The van der Waals surface area contributed by atoms with Crippen molar-refractivity contribution in [1.29, 1.82) is 0 Å². The van der Waals surface area contributed by atoms with Gasteiger partial charge in [-0.3, -0.25) is 4.79 Å². The van der Waals surface area contributed by atoms with E-state index >= 15 is 0 Å². The fraction of sp³-hybridized carbons (Fsp3) is 0.235. The van der Waals surface area contributed by atoms with Crippen LogP contribution >= 0.6 is 0 Å². The molecule has 2 aromatic rings. The van der Waals surface area contributed by atoms with Gasteiger partial charge < -0.3 is 14.9 Å². The molecule has 1 heterocycles. The fourth-order valence-electron chi connectivity index (χ4n) is 2.63. The third-order valence-corrected chi connectivity index (χ3v) is 3.82. The maximum absolute atomic E-state index is 12.4. The lowest BCUT2D eigenvalue weighted by Crippen LogP contribution is -2.48. The van der Waals surface area contributed by atoms with Gasteiger partial charge >= 0.3 is 0 Å². The van der Waals surface area contributed by atoms with E-state index in [4.69, 9.17) is 0 Å². The van der Waals surface area contributed by atoms with Crippen LogP contribution in [-0.2, 0) is 0 Å². The highest BCUT2D eigenvalue weighted by Gasteiger charge is 2.23. The van der Waals surface area contributed by atoms with Gasteiger partial charge in [0.2, 0.25) is 0 Å². The summed E-state index contributed by atoms with van der Waals surface area (Å²) in [5, 5.41) is 9.78. The second-order valence-corrected chi connectivity index (χ2v) is 5.13. The Labute approximate surface area is 124 Å².